The minimum Gasteiger partial charge on any atom is -0.498 e. The highest BCUT2D eigenvalue weighted by atomic mass is 16.5. The lowest BCUT2D eigenvalue weighted by molar-refractivity contribution is -0.696. The maximum absolute atomic E-state index is 5.06. The first-order valence-electron chi connectivity index (χ1n) is 5.14. The molecule has 0 saturated carbocycles. The van der Waals surface area contributed by atoms with Gasteiger partial charge in [-0.2, -0.15) is 0 Å². The molecule has 1 rings (SSSR count). The largest absolute Gasteiger partial charge is 0.498 e. The lowest BCUT2D eigenvalue weighted by Crippen LogP contribution is -2.30. The van der Waals surface area contributed by atoms with E-state index in [0.29, 0.717) is 6.61 Å². The molecule has 0 saturated heterocycles. The van der Waals surface area contributed by atoms with Crippen LogP contribution in [0, 0.1) is 0 Å². The molecule has 3 nitrogen and oxygen atoms in total. The van der Waals surface area contributed by atoms with Gasteiger partial charge >= 0.3 is 0 Å². The van der Waals surface area contributed by atoms with Gasteiger partial charge < -0.3 is 4.74 Å². The summed E-state index contributed by atoms with van der Waals surface area (Å²) in [6.45, 7) is 8.37. The van der Waals surface area contributed by atoms with Gasteiger partial charge in [-0.05, 0) is 6.42 Å². The summed E-state index contributed by atoms with van der Waals surface area (Å²) >= 11 is 0. The van der Waals surface area contributed by atoms with Crippen LogP contribution in [0.2, 0.25) is 0 Å². The summed E-state index contributed by atoms with van der Waals surface area (Å²) in [4.78, 5) is 0. The van der Waals surface area contributed by atoms with Crippen molar-refractivity contribution in [1.29, 1.82) is 0 Å². The van der Waals surface area contributed by atoms with Gasteiger partial charge in [0.25, 0.3) is 0 Å². The van der Waals surface area contributed by atoms with E-state index < -0.39 is 0 Å². The van der Waals surface area contributed by atoms with Crippen molar-refractivity contribution in [3.8, 4) is 0 Å². The molecular weight excluding hydrogens is 176 g/mol. The van der Waals surface area contributed by atoms with E-state index in [9.17, 15) is 0 Å². The molecule has 1 heterocycles. The van der Waals surface area contributed by atoms with Gasteiger partial charge in [-0.3, -0.25) is 0 Å². The topological polar surface area (TPSA) is 18.0 Å². The van der Waals surface area contributed by atoms with Crippen LogP contribution in [0.15, 0.2) is 31.6 Å². The van der Waals surface area contributed by atoms with Gasteiger partial charge in [-0.1, -0.05) is 19.9 Å². The van der Waals surface area contributed by atoms with Crippen LogP contribution in [0.25, 0.3) is 0 Å². The molecule has 0 aliphatic heterocycles. The van der Waals surface area contributed by atoms with Gasteiger partial charge in [0, 0.05) is 0 Å². The molecule has 0 aliphatic rings. The number of unbranched alkanes of at least 4 members (excludes halogenated alkanes) is 1. The molecule has 0 spiro atoms. The Bertz CT molecular complexity index is 268. The zero-order valence-corrected chi connectivity index (χ0v) is 8.85. The average molecular weight is 195 g/mol. The van der Waals surface area contributed by atoms with E-state index in [1.54, 1.807) is 0 Å². The number of nitrogens with zero attached hydrogens (tertiary/aromatic N) is 2. The van der Waals surface area contributed by atoms with Gasteiger partial charge in [0.1, 0.15) is 25.5 Å². The second kappa shape index (κ2) is 6.24. The van der Waals surface area contributed by atoms with Crippen molar-refractivity contribution in [3.05, 3.63) is 31.6 Å². The highest BCUT2D eigenvalue weighted by Gasteiger charge is 2.01. The van der Waals surface area contributed by atoms with Crippen LogP contribution < -0.4 is 4.57 Å². The zero-order chi connectivity index (χ0) is 10.2. The van der Waals surface area contributed by atoms with Crippen LogP contribution in [0.5, 0.6) is 0 Å². The third-order valence-electron chi connectivity index (χ3n) is 2.10. The predicted octanol–water partition coefficient (Wildman–Crippen LogP) is 1.74. The fraction of sp³-hybridized carbons (Fsp3) is 0.545. The quantitative estimate of drug-likeness (QED) is 0.368. The van der Waals surface area contributed by atoms with Gasteiger partial charge in [0.05, 0.1) is 12.8 Å². The Labute approximate surface area is 85.6 Å². The number of imidazole rings is 1. The highest BCUT2D eigenvalue weighted by molar-refractivity contribution is 4.66. The molecule has 0 bridgehead atoms. The molecule has 1 aromatic rings. The minimum atomic E-state index is 0.686. The summed E-state index contributed by atoms with van der Waals surface area (Å²) in [5.41, 5.74) is 0. The summed E-state index contributed by atoms with van der Waals surface area (Å²) in [7, 11) is 0. The average Bonchev–Trinajstić information content (AvgIpc) is 2.63. The van der Waals surface area contributed by atoms with Crippen LogP contribution in [0.4, 0.5) is 0 Å². The van der Waals surface area contributed by atoms with Crippen molar-refractivity contribution in [3.63, 3.8) is 0 Å². The molecule has 0 aliphatic carbocycles. The second-order valence-electron chi connectivity index (χ2n) is 3.28. The maximum Gasteiger partial charge on any atom is 0.243 e. The molecule has 14 heavy (non-hydrogen) atoms. The van der Waals surface area contributed by atoms with Crippen molar-refractivity contribution < 1.29 is 9.30 Å². The molecule has 1 aromatic heterocycles. The van der Waals surface area contributed by atoms with Crippen molar-refractivity contribution in [2.24, 2.45) is 0 Å². The van der Waals surface area contributed by atoms with Crippen LogP contribution in [0.3, 0.4) is 0 Å². The Balaban J connectivity index is 2.31. The van der Waals surface area contributed by atoms with Crippen molar-refractivity contribution in [2.45, 2.75) is 32.9 Å². The summed E-state index contributed by atoms with van der Waals surface area (Å²) in [6.07, 6.45) is 10.2. The monoisotopic (exact) mass is 195 g/mol. The molecule has 0 N–H and O–H groups in total. The third-order valence-corrected chi connectivity index (χ3v) is 2.10. The molecule has 0 amide bonds. The first-order valence-corrected chi connectivity index (χ1v) is 5.14. The molecule has 78 valence electrons. The third kappa shape index (κ3) is 3.64. The normalized spacial score (nSPS) is 10.1. The summed E-state index contributed by atoms with van der Waals surface area (Å²) in [5, 5.41) is 0. The van der Waals surface area contributed by atoms with Gasteiger partial charge in [0.15, 0.2) is 0 Å². The van der Waals surface area contributed by atoms with E-state index in [0.717, 1.165) is 13.1 Å². The number of hydrogen-bond donors (Lipinski definition) is 0. The van der Waals surface area contributed by atoms with E-state index in [-0.39, 0.29) is 0 Å². The SMILES string of the molecule is C=COCCn1cc[n+](CCCC)c1. The van der Waals surface area contributed by atoms with Crippen LogP contribution in [-0.2, 0) is 17.8 Å². The van der Waals surface area contributed by atoms with E-state index in [1.165, 1.54) is 19.1 Å². The predicted molar refractivity (Wildman–Crippen MR) is 55.7 cm³/mol. The van der Waals surface area contributed by atoms with Crippen molar-refractivity contribution in [1.82, 2.24) is 4.57 Å². The number of hydrogen-bond acceptors (Lipinski definition) is 1. The second-order valence-corrected chi connectivity index (χ2v) is 3.28. The van der Waals surface area contributed by atoms with Crippen LogP contribution in [0.1, 0.15) is 19.8 Å². The Morgan fingerprint density at radius 1 is 1.57 bits per heavy atom. The Morgan fingerprint density at radius 2 is 2.43 bits per heavy atom. The van der Waals surface area contributed by atoms with Crippen molar-refractivity contribution in [2.75, 3.05) is 6.61 Å². The van der Waals surface area contributed by atoms with E-state index in [1.807, 2.05) is 0 Å². The lowest BCUT2D eigenvalue weighted by Gasteiger charge is -1.96. The Morgan fingerprint density at radius 3 is 3.14 bits per heavy atom. The minimum absolute atomic E-state index is 0.686. The van der Waals surface area contributed by atoms with E-state index in [2.05, 4.69) is 41.4 Å². The highest BCUT2D eigenvalue weighted by Crippen LogP contribution is 1.89. The van der Waals surface area contributed by atoms with Crippen LogP contribution in [-0.4, -0.2) is 11.2 Å². The summed E-state index contributed by atoms with van der Waals surface area (Å²) in [5.74, 6) is 0. The van der Waals surface area contributed by atoms with E-state index in [4.69, 9.17) is 4.74 Å². The smallest absolute Gasteiger partial charge is 0.243 e. The van der Waals surface area contributed by atoms with Gasteiger partial charge in [-0.25, -0.2) is 9.13 Å². The number of aryl methyl sites for hydroxylation is 1. The standard InChI is InChI=1S/C11H19N2O/c1-3-5-6-12-7-8-13(11-12)9-10-14-4-2/h4,7-8,11H,2-3,5-6,9-10H2,1H3/q+1. The Kier molecular flexibility index (Phi) is 4.83. The number of ether oxygens (including phenoxy) is 1. The fourth-order valence-corrected chi connectivity index (χ4v) is 1.29. The molecule has 0 atom stereocenters. The number of rotatable bonds is 7. The lowest BCUT2D eigenvalue weighted by atomic mass is 10.3. The first kappa shape index (κ1) is 10.8. The molecular formula is C11H19N2O+. The van der Waals surface area contributed by atoms with Gasteiger partial charge in [-0.15, -0.1) is 0 Å². The summed E-state index contributed by atoms with van der Waals surface area (Å²) < 4.78 is 9.39. The molecule has 0 radical (unpaired) electrons. The summed E-state index contributed by atoms with van der Waals surface area (Å²) in [6, 6.07) is 0. The van der Waals surface area contributed by atoms with E-state index >= 15 is 0 Å². The maximum atomic E-state index is 5.06. The van der Waals surface area contributed by atoms with Gasteiger partial charge in [0.2, 0.25) is 6.33 Å². The molecule has 0 aromatic carbocycles. The molecule has 0 unspecified atom stereocenters. The zero-order valence-electron chi connectivity index (χ0n) is 8.85. The Hall–Kier alpha value is -1.25. The fourth-order valence-electron chi connectivity index (χ4n) is 1.29. The first-order chi connectivity index (χ1) is 6.86. The van der Waals surface area contributed by atoms with Crippen LogP contribution >= 0.6 is 0 Å². The van der Waals surface area contributed by atoms with Crippen molar-refractivity contribution >= 4 is 0 Å². The number of aromatic nitrogens is 2. The molecule has 0 fully saturated rings. The molecule has 3 heteroatoms.